The molecule has 104 valence electrons. The van der Waals surface area contributed by atoms with E-state index in [1.54, 1.807) is 15.8 Å². The summed E-state index contributed by atoms with van der Waals surface area (Å²) in [6.45, 7) is 3.87. The van der Waals surface area contributed by atoms with Crippen molar-refractivity contribution in [3.63, 3.8) is 0 Å². The molecule has 1 aromatic carbocycles. The van der Waals surface area contributed by atoms with Crippen LogP contribution in [0.3, 0.4) is 0 Å². The lowest BCUT2D eigenvalue weighted by Crippen LogP contribution is -2.05. The number of ketones is 1. The van der Waals surface area contributed by atoms with E-state index in [0.29, 0.717) is 5.69 Å². The Labute approximate surface area is 118 Å². The molecule has 20 heavy (non-hydrogen) atoms. The molecule has 1 aromatic heterocycles. The smallest absolute Gasteiger partial charge is 0.209 e. The molecule has 0 N–H and O–H groups in total. The van der Waals surface area contributed by atoms with Crippen LogP contribution >= 0.6 is 0 Å². The normalized spacial score (nSPS) is 11.0. The van der Waals surface area contributed by atoms with E-state index in [2.05, 4.69) is 10.3 Å². The van der Waals surface area contributed by atoms with Crippen LogP contribution in [0.25, 0.3) is 5.69 Å². The minimum absolute atomic E-state index is 0.144. The summed E-state index contributed by atoms with van der Waals surface area (Å²) in [5, 5.41) is 8.05. The quantitative estimate of drug-likeness (QED) is 0.631. The molecule has 0 aliphatic heterocycles. The maximum atomic E-state index is 12.0. The van der Waals surface area contributed by atoms with Gasteiger partial charge < -0.3 is 4.90 Å². The third-order valence-corrected chi connectivity index (χ3v) is 2.93. The number of aryl methyl sites for hydroxylation is 1. The number of nitrogens with zero attached hydrogens (tertiary/aromatic N) is 4. The van der Waals surface area contributed by atoms with Crippen molar-refractivity contribution >= 4 is 5.78 Å². The summed E-state index contributed by atoms with van der Waals surface area (Å²) in [5.74, 6) is -0.144. The first-order valence-electron chi connectivity index (χ1n) is 6.37. The molecule has 0 saturated carbocycles. The van der Waals surface area contributed by atoms with Crippen molar-refractivity contribution in [3.8, 4) is 5.69 Å². The highest BCUT2D eigenvalue weighted by molar-refractivity contribution is 6.03. The number of allylic oxidation sites excluding steroid dienone is 1. The van der Waals surface area contributed by atoms with Gasteiger partial charge in [0.05, 0.1) is 11.4 Å². The molecule has 0 bridgehead atoms. The number of hydrogen-bond donors (Lipinski definition) is 0. The van der Waals surface area contributed by atoms with E-state index < -0.39 is 0 Å². The van der Waals surface area contributed by atoms with Crippen LogP contribution in [0.4, 0.5) is 0 Å². The summed E-state index contributed by atoms with van der Waals surface area (Å²) >= 11 is 0. The van der Waals surface area contributed by atoms with Gasteiger partial charge in [-0.25, -0.2) is 4.68 Å². The summed E-state index contributed by atoms with van der Waals surface area (Å²) in [5.41, 5.74) is 3.19. The second-order valence-corrected chi connectivity index (χ2v) is 4.91. The summed E-state index contributed by atoms with van der Waals surface area (Å²) < 4.78 is 1.68. The minimum Gasteiger partial charge on any atom is -0.383 e. The van der Waals surface area contributed by atoms with Crippen molar-refractivity contribution in [2.75, 3.05) is 14.1 Å². The lowest BCUT2D eigenvalue weighted by Gasteiger charge is -2.04. The summed E-state index contributed by atoms with van der Waals surface area (Å²) in [7, 11) is 3.72. The molecule has 0 spiro atoms. The fourth-order valence-electron chi connectivity index (χ4n) is 1.78. The summed E-state index contributed by atoms with van der Waals surface area (Å²) in [6, 6.07) is 7.93. The number of aromatic nitrogens is 3. The highest BCUT2D eigenvalue weighted by atomic mass is 16.1. The van der Waals surface area contributed by atoms with Gasteiger partial charge in [-0.05, 0) is 26.0 Å². The van der Waals surface area contributed by atoms with Crippen molar-refractivity contribution in [1.82, 2.24) is 19.9 Å². The molecule has 0 saturated heterocycles. The first-order valence-corrected chi connectivity index (χ1v) is 6.37. The van der Waals surface area contributed by atoms with Crippen LogP contribution in [0.15, 0.2) is 36.5 Å². The van der Waals surface area contributed by atoms with Gasteiger partial charge >= 0.3 is 0 Å². The predicted molar refractivity (Wildman–Crippen MR) is 78.0 cm³/mol. The first-order chi connectivity index (χ1) is 9.49. The Hall–Kier alpha value is -2.43. The molecule has 2 rings (SSSR count). The van der Waals surface area contributed by atoms with E-state index >= 15 is 0 Å². The molecule has 2 aromatic rings. The Morgan fingerprint density at radius 2 is 1.85 bits per heavy atom. The van der Waals surface area contributed by atoms with E-state index in [9.17, 15) is 4.79 Å². The molecule has 0 fully saturated rings. The lowest BCUT2D eigenvalue weighted by molar-refractivity contribution is 0.104. The second kappa shape index (κ2) is 5.69. The van der Waals surface area contributed by atoms with Gasteiger partial charge in [-0.2, -0.15) is 0 Å². The Kier molecular flexibility index (Phi) is 3.98. The molecule has 1 heterocycles. The standard InChI is InChI=1S/C15H18N4O/c1-11-5-7-13(8-6-11)19-12(2)15(16-17-19)14(20)9-10-18(3)4/h5-10H,1-4H3. The zero-order chi connectivity index (χ0) is 14.7. The predicted octanol–water partition coefficient (Wildman–Crippen LogP) is 2.14. The molecular weight excluding hydrogens is 252 g/mol. The fourth-order valence-corrected chi connectivity index (χ4v) is 1.78. The van der Waals surface area contributed by atoms with Crippen LogP contribution in [0.1, 0.15) is 21.7 Å². The van der Waals surface area contributed by atoms with E-state index in [-0.39, 0.29) is 5.78 Å². The van der Waals surface area contributed by atoms with E-state index in [4.69, 9.17) is 0 Å². The van der Waals surface area contributed by atoms with Crippen LogP contribution in [0.2, 0.25) is 0 Å². The third kappa shape index (κ3) is 2.93. The lowest BCUT2D eigenvalue weighted by atomic mass is 10.2. The number of rotatable bonds is 4. The third-order valence-electron chi connectivity index (χ3n) is 2.93. The monoisotopic (exact) mass is 270 g/mol. The van der Waals surface area contributed by atoms with Crippen molar-refractivity contribution in [2.24, 2.45) is 0 Å². The molecule has 5 nitrogen and oxygen atoms in total. The number of carbonyl (C=O) groups excluding carboxylic acids is 1. The molecule has 0 radical (unpaired) electrons. The highest BCUT2D eigenvalue weighted by Crippen LogP contribution is 2.13. The Bertz CT molecular complexity index is 638. The second-order valence-electron chi connectivity index (χ2n) is 4.91. The van der Waals surface area contributed by atoms with Gasteiger partial charge in [-0.15, -0.1) is 5.10 Å². The Balaban J connectivity index is 2.31. The molecule has 0 unspecified atom stereocenters. The van der Waals surface area contributed by atoms with Crippen molar-refractivity contribution in [3.05, 3.63) is 53.5 Å². The maximum Gasteiger partial charge on any atom is 0.209 e. The molecule has 0 aliphatic carbocycles. The van der Waals surface area contributed by atoms with Crippen LogP contribution < -0.4 is 0 Å². The maximum absolute atomic E-state index is 12.0. The van der Waals surface area contributed by atoms with E-state index in [1.165, 1.54) is 11.6 Å². The van der Waals surface area contributed by atoms with Crippen LogP contribution in [0, 0.1) is 13.8 Å². The average molecular weight is 270 g/mol. The first kappa shape index (κ1) is 14.0. The topological polar surface area (TPSA) is 51.0 Å². The number of hydrogen-bond acceptors (Lipinski definition) is 4. The van der Waals surface area contributed by atoms with E-state index in [1.807, 2.05) is 52.2 Å². The minimum atomic E-state index is -0.144. The fraction of sp³-hybridized carbons (Fsp3) is 0.267. The van der Waals surface area contributed by atoms with Gasteiger partial charge in [0.15, 0.2) is 5.69 Å². The average Bonchev–Trinajstić information content (AvgIpc) is 2.79. The zero-order valence-corrected chi connectivity index (χ0v) is 12.2. The van der Waals surface area contributed by atoms with Gasteiger partial charge in [0.1, 0.15) is 0 Å². The Morgan fingerprint density at radius 3 is 2.45 bits per heavy atom. The van der Waals surface area contributed by atoms with Crippen LogP contribution in [0.5, 0.6) is 0 Å². The SMILES string of the molecule is Cc1ccc(-n2nnc(C(=O)C=CN(C)C)c2C)cc1. The van der Waals surface area contributed by atoms with Gasteiger partial charge in [0.25, 0.3) is 0 Å². The number of benzene rings is 1. The van der Waals surface area contributed by atoms with E-state index in [0.717, 1.165) is 11.4 Å². The van der Waals surface area contributed by atoms with Gasteiger partial charge in [0, 0.05) is 26.4 Å². The van der Waals surface area contributed by atoms with Gasteiger partial charge in [-0.1, -0.05) is 22.9 Å². The molecule has 0 aliphatic rings. The summed E-state index contributed by atoms with van der Waals surface area (Å²) in [6.07, 6.45) is 3.20. The number of carbonyl (C=O) groups is 1. The largest absolute Gasteiger partial charge is 0.383 e. The van der Waals surface area contributed by atoms with Crippen molar-refractivity contribution in [1.29, 1.82) is 0 Å². The van der Waals surface area contributed by atoms with Crippen LogP contribution in [-0.4, -0.2) is 39.8 Å². The molecule has 5 heteroatoms. The highest BCUT2D eigenvalue weighted by Gasteiger charge is 2.15. The van der Waals surface area contributed by atoms with Crippen molar-refractivity contribution in [2.45, 2.75) is 13.8 Å². The molecule has 0 atom stereocenters. The molecular formula is C15H18N4O. The molecule has 0 amide bonds. The Morgan fingerprint density at radius 1 is 1.20 bits per heavy atom. The van der Waals surface area contributed by atoms with Crippen LogP contribution in [-0.2, 0) is 0 Å². The van der Waals surface area contributed by atoms with Gasteiger partial charge in [0.2, 0.25) is 5.78 Å². The zero-order valence-electron chi connectivity index (χ0n) is 12.2. The summed E-state index contributed by atoms with van der Waals surface area (Å²) in [4.78, 5) is 13.8. The van der Waals surface area contributed by atoms with Crippen molar-refractivity contribution < 1.29 is 4.79 Å². The van der Waals surface area contributed by atoms with Gasteiger partial charge in [-0.3, -0.25) is 4.79 Å².